The summed E-state index contributed by atoms with van der Waals surface area (Å²) in [7, 11) is 1.49. The summed E-state index contributed by atoms with van der Waals surface area (Å²) in [6.45, 7) is 0. The summed E-state index contributed by atoms with van der Waals surface area (Å²) in [4.78, 5) is 0. The maximum Gasteiger partial charge on any atom is 0.143 e. The van der Waals surface area contributed by atoms with Gasteiger partial charge in [0.05, 0.1) is 12.8 Å². The Labute approximate surface area is 63.9 Å². The van der Waals surface area contributed by atoms with E-state index in [1.807, 2.05) is 0 Å². The second-order valence-corrected chi connectivity index (χ2v) is 1.99. The molecule has 0 aromatic heterocycles. The van der Waals surface area contributed by atoms with Gasteiger partial charge in [-0.3, -0.25) is 5.84 Å². The van der Waals surface area contributed by atoms with Crippen LogP contribution in [0.15, 0.2) is 18.2 Å². The van der Waals surface area contributed by atoms with Gasteiger partial charge in [-0.15, -0.1) is 0 Å². The van der Waals surface area contributed by atoms with E-state index in [1.54, 1.807) is 0 Å². The summed E-state index contributed by atoms with van der Waals surface area (Å²) in [5, 5.41) is 0. The Hall–Kier alpha value is -1.29. The van der Waals surface area contributed by atoms with Crippen LogP contribution in [0.25, 0.3) is 0 Å². The molecule has 0 spiro atoms. The summed E-state index contributed by atoms with van der Waals surface area (Å²) in [6.07, 6.45) is 0. The van der Waals surface area contributed by atoms with Crippen molar-refractivity contribution in [3.63, 3.8) is 0 Å². The van der Waals surface area contributed by atoms with Crippen molar-refractivity contribution in [3.8, 4) is 5.75 Å². The van der Waals surface area contributed by atoms with Crippen molar-refractivity contribution in [2.75, 3.05) is 12.5 Å². The first-order valence-corrected chi connectivity index (χ1v) is 3.08. The SMILES string of the molecule is COc1ccc(F)cc1NN. The Morgan fingerprint density at radius 1 is 1.55 bits per heavy atom. The molecule has 0 unspecified atom stereocenters. The molecular formula is C7H9FN2O. The highest BCUT2D eigenvalue weighted by Gasteiger charge is 2.00. The van der Waals surface area contributed by atoms with Crippen molar-refractivity contribution in [1.82, 2.24) is 0 Å². The number of hydrogen-bond donors (Lipinski definition) is 2. The van der Waals surface area contributed by atoms with Crippen LogP contribution >= 0.6 is 0 Å². The normalized spacial score (nSPS) is 9.36. The first-order valence-electron chi connectivity index (χ1n) is 3.08. The first kappa shape index (κ1) is 7.81. The monoisotopic (exact) mass is 156 g/mol. The van der Waals surface area contributed by atoms with E-state index in [9.17, 15) is 4.39 Å². The number of nitrogens with one attached hydrogen (secondary N) is 1. The van der Waals surface area contributed by atoms with Crippen molar-refractivity contribution in [1.29, 1.82) is 0 Å². The summed E-state index contributed by atoms with van der Waals surface area (Å²) in [5.74, 6) is 5.27. The van der Waals surface area contributed by atoms with Crippen molar-refractivity contribution in [2.45, 2.75) is 0 Å². The number of halogens is 1. The molecular weight excluding hydrogens is 147 g/mol. The highest BCUT2D eigenvalue weighted by atomic mass is 19.1. The summed E-state index contributed by atoms with van der Waals surface area (Å²) in [5.41, 5.74) is 2.76. The molecule has 60 valence electrons. The average molecular weight is 156 g/mol. The molecule has 0 heterocycles. The van der Waals surface area contributed by atoms with E-state index in [1.165, 1.54) is 25.3 Å². The predicted molar refractivity (Wildman–Crippen MR) is 40.8 cm³/mol. The van der Waals surface area contributed by atoms with Gasteiger partial charge in [-0.05, 0) is 12.1 Å². The van der Waals surface area contributed by atoms with Crippen LogP contribution in [0, 0.1) is 5.82 Å². The third-order valence-electron chi connectivity index (χ3n) is 1.32. The number of rotatable bonds is 2. The smallest absolute Gasteiger partial charge is 0.143 e. The van der Waals surface area contributed by atoms with E-state index < -0.39 is 0 Å². The lowest BCUT2D eigenvalue weighted by Crippen LogP contribution is -2.08. The molecule has 0 saturated heterocycles. The van der Waals surface area contributed by atoms with Crippen molar-refractivity contribution < 1.29 is 9.13 Å². The summed E-state index contributed by atoms with van der Waals surface area (Å²) >= 11 is 0. The van der Waals surface area contributed by atoms with Gasteiger partial charge in [0.15, 0.2) is 0 Å². The van der Waals surface area contributed by atoms with E-state index >= 15 is 0 Å². The van der Waals surface area contributed by atoms with Crippen molar-refractivity contribution >= 4 is 5.69 Å². The van der Waals surface area contributed by atoms with Crippen molar-refractivity contribution in [2.24, 2.45) is 5.84 Å². The standard InChI is InChI=1S/C7H9FN2O/c1-11-7-3-2-5(8)4-6(7)10-9/h2-4,10H,9H2,1H3. The minimum absolute atomic E-state index is 0.348. The van der Waals surface area contributed by atoms with Gasteiger partial charge in [-0.2, -0.15) is 0 Å². The Bertz CT molecular complexity index is 252. The zero-order valence-electron chi connectivity index (χ0n) is 6.10. The van der Waals surface area contributed by atoms with Gasteiger partial charge in [0.1, 0.15) is 11.6 Å². The number of hydrazine groups is 1. The quantitative estimate of drug-likeness (QED) is 0.498. The Kier molecular flexibility index (Phi) is 2.28. The lowest BCUT2D eigenvalue weighted by molar-refractivity contribution is 0.415. The number of nitrogen functional groups attached to an aromatic ring is 1. The van der Waals surface area contributed by atoms with Crippen LogP contribution in [0.2, 0.25) is 0 Å². The van der Waals surface area contributed by atoms with E-state index in [2.05, 4.69) is 5.43 Å². The van der Waals surface area contributed by atoms with Crippen LogP contribution in [0.4, 0.5) is 10.1 Å². The van der Waals surface area contributed by atoms with Crippen LogP contribution in [0.1, 0.15) is 0 Å². The van der Waals surface area contributed by atoms with E-state index in [4.69, 9.17) is 10.6 Å². The molecule has 0 aliphatic rings. The second kappa shape index (κ2) is 3.21. The number of ether oxygens (including phenoxy) is 1. The molecule has 0 aliphatic heterocycles. The van der Waals surface area contributed by atoms with Crippen LogP contribution in [-0.4, -0.2) is 7.11 Å². The van der Waals surface area contributed by atoms with Gasteiger partial charge in [-0.1, -0.05) is 0 Å². The molecule has 0 amide bonds. The molecule has 0 atom stereocenters. The van der Waals surface area contributed by atoms with E-state index in [0.717, 1.165) is 0 Å². The molecule has 4 heteroatoms. The average Bonchev–Trinajstić information content (AvgIpc) is 2.04. The molecule has 3 N–H and O–H groups in total. The molecule has 0 fully saturated rings. The summed E-state index contributed by atoms with van der Waals surface area (Å²) < 4.78 is 17.4. The van der Waals surface area contributed by atoms with E-state index in [0.29, 0.717) is 11.4 Å². The summed E-state index contributed by atoms with van der Waals surface area (Å²) in [6, 6.07) is 4.07. The topological polar surface area (TPSA) is 47.3 Å². The van der Waals surface area contributed by atoms with Gasteiger partial charge in [0.25, 0.3) is 0 Å². The number of benzene rings is 1. The number of hydrogen-bond acceptors (Lipinski definition) is 3. The van der Waals surface area contributed by atoms with Gasteiger partial charge < -0.3 is 10.2 Å². The molecule has 0 aliphatic carbocycles. The highest BCUT2D eigenvalue weighted by Crippen LogP contribution is 2.23. The zero-order valence-corrected chi connectivity index (χ0v) is 6.10. The highest BCUT2D eigenvalue weighted by molar-refractivity contribution is 5.55. The molecule has 3 nitrogen and oxygen atoms in total. The minimum atomic E-state index is -0.348. The fourth-order valence-corrected chi connectivity index (χ4v) is 0.793. The fourth-order valence-electron chi connectivity index (χ4n) is 0.793. The lowest BCUT2D eigenvalue weighted by atomic mass is 10.3. The largest absolute Gasteiger partial charge is 0.495 e. The third kappa shape index (κ3) is 1.59. The number of methoxy groups -OCH3 is 1. The molecule has 1 aromatic rings. The zero-order chi connectivity index (χ0) is 8.27. The molecule has 0 bridgehead atoms. The molecule has 11 heavy (non-hydrogen) atoms. The van der Waals surface area contributed by atoms with E-state index in [-0.39, 0.29) is 5.82 Å². The third-order valence-corrected chi connectivity index (χ3v) is 1.32. The fraction of sp³-hybridized carbons (Fsp3) is 0.143. The van der Waals surface area contributed by atoms with Gasteiger partial charge in [0, 0.05) is 6.07 Å². The lowest BCUT2D eigenvalue weighted by Gasteiger charge is -2.06. The molecule has 1 rings (SSSR count). The molecule has 0 radical (unpaired) electrons. The van der Waals surface area contributed by atoms with Crippen LogP contribution in [0.3, 0.4) is 0 Å². The van der Waals surface area contributed by atoms with Crippen LogP contribution in [-0.2, 0) is 0 Å². The number of nitrogens with two attached hydrogens (primary N) is 1. The maximum absolute atomic E-state index is 12.5. The minimum Gasteiger partial charge on any atom is -0.495 e. The Morgan fingerprint density at radius 3 is 2.82 bits per heavy atom. The van der Waals surface area contributed by atoms with Crippen LogP contribution < -0.4 is 16.0 Å². The Morgan fingerprint density at radius 2 is 2.27 bits per heavy atom. The predicted octanol–water partition coefficient (Wildman–Crippen LogP) is 1.12. The van der Waals surface area contributed by atoms with Gasteiger partial charge in [0.2, 0.25) is 0 Å². The first-order chi connectivity index (χ1) is 5.27. The maximum atomic E-state index is 12.5. The Balaban J connectivity index is 3.06. The molecule has 0 saturated carbocycles. The van der Waals surface area contributed by atoms with Crippen LogP contribution in [0.5, 0.6) is 5.75 Å². The van der Waals surface area contributed by atoms with Crippen molar-refractivity contribution in [3.05, 3.63) is 24.0 Å². The van der Waals surface area contributed by atoms with Gasteiger partial charge in [-0.25, -0.2) is 4.39 Å². The number of anilines is 1. The van der Waals surface area contributed by atoms with Gasteiger partial charge >= 0.3 is 0 Å². The molecule has 1 aromatic carbocycles. The second-order valence-electron chi connectivity index (χ2n) is 1.99.